The molecule has 0 radical (unpaired) electrons. The summed E-state index contributed by atoms with van der Waals surface area (Å²) in [7, 11) is -3.43. The van der Waals surface area contributed by atoms with Crippen LogP contribution in [-0.2, 0) is 10.0 Å². The SMILES string of the molecule is C[C@@H]1CCCC[C@H]1NS(=O)(=O)c1ccc2ccccc2c1. The summed E-state index contributed by atoms with van der Waals surface area (Å²) in [5.74, 6) is 0.411. The van der Waals surface area contributed by atoms with Crippen molar-refractivity contribution in [3.05, 3.63) is 42.5 Å². The lowest BCUT2D eigenvalue weighted by molar-refractivity contribution is 0.310. The molecule has 3 nitrogen and oxygen atoms in total. The van der Waals surface area contributed by atoms with Gasteiger partial charge >= 0.3 is 0 Å². The zero-order valence-electron chi connectivity index (χ0n) is 12.2. The quantitative estimate of drug-likeness (QED) is 0.940. The highest BCUT2D eigenvalue weighted by molar-refractivity contribution is 7.89. The average Bonchev–Trinajstić information content (AvgIpc) is 2.49. The summed E-state index contributed by atoms with van der Waals surface area (Å²) in [4.78, 5) is 0.360. The Morgan fingerprint density at radius 3 is 2.48 bits per heavy atom. The molecular formula is C17H21NO2S. The highest BCUT2D eigenvalue weighted by Gasteiger charge is 2.26. The third-order valence-corrected chi connectivity index (χ3v) is 5.94. The Balaban J connectivity index is 1.88. The molecule has 3 rings (SSSR count). The maximum absolute atomic E-state index is 12.6. The Labute approximate surface area is 126 Å². The van der Waals surface area contributed by atoms with Crippen molar-refractivity contribution in [3.8, 4) is 0 Å². The van der Waals surface area contributed by atoms with Gasteiger partial charge in [0.05, 0.1) is 4.90 Å². The van der Waals surface area contributed by atoms with E-state index in [9.17, 15) is 8.42 Å². The molecule has 2 aromatic rings. The van der Waals surface area contributed by atoms with Gasteiger partial charge in [-0.25, -0.2) is 13.1 Å². The van der Waals surface area contributed by atoms with Crippen LogP contribution < -0.4 is 4.72 Å². The van der Waals surface area contributed by atoms with Gasteiger partial charge < -0.3 is 0 Å². The van der Waals surface area contributed by atoms with Crippen LogP contribution in [0, 0.1) is 5.92 Å². The van der Waals surface area contributed by atoms with Crippen LogP contribution in [0.4, 0.5) is 0 Å². The molecule has 1 saturated carbocycles. The van der Waals surface area contributed by atoms with E-state index < -0.39 is 10.0 Å². The summed E-state index contributed by atoms with van der Waals surface area (Å²) in [6, 6.07) is 13.2. The van der Waals surface area contributed by atoms with Crippen molar-refractivity contribution < 1.29 is 8.42 Å². The monoisotopic (exact) mass is 303 g/mol. The van der Waals surface area contributed by atoms with E-state index in [1.807, 2.05) is 30.3 Å². The highest BCUT2D eigenvalue weighted by Crippen LogP contribution is 2.26. The second-order valence-corrected chi connectivity index (χ2v) is 7.71. The minimum Gasteiger partial charge on any atom is -0.208 e. The molecule has 0 saturated heterocycles. The topological polar surface area (TPSA) is 46.2 Å². The molecule has 21 heavy (non-hydrogen) atoms. The zero-order valence-corrected chi connectivity index (χ0v) is 13.1. The van der Waals surface area contributed by atoms with Crippen LogP contribution in [0.1, 0.15) is 32.6 Å². The number of rotatable bonds is 3. The summed E-state index contributed by atoms with van der Waals surface area (Å²) < 4.78 is 28.1. The Morgan fingerprint density at radius 2 is 1.71 bits per heavy atom. The Bertz CT molecular complexity index is 739. The van der Waals surface area contributed by atoms with Crippen molar-refractivity contribution in [2.75, 3.05) is 0 Å². The van der Waals surface area contributed by atoms with Crippen LogP contribution >= 0.6 is 0 Å². The van der Waals surface area contributed by atoms with Crippen molar-refractivity contribution in [1.82, 2.24) is 4.72 Å². The normalized spacial score (nSPS) is 23.3. The summed E-state index contributed by atoms with van der Waals surface area (Å²) in [5.41, 5.74) is 0. The van der Waals surface area contributed by atoms with Gasteiger partial charge in [0.2, 0.25) is 10.0 Å². The maximum atomic E-state index is 12.6. The van der Waals surface area contributed by atoms with E-state index in [4.69, 9.17) is 0 Å². The number of nitrogens with one attached hydrogen (secondary N) is 1. The van der Waals surface area contributed by atoms with E-state index in [0.717, 1.165) is 30.0 Å². The first-order valence-electron chi connectivity index (χ1n) is 7.57. The van der Waals surface area contributed by atoms with Gasteiger partial charge in [-0.3, -0.25) is 0 Å². The third-order valence-electron chi connectivity index (χ3n) is 4.45. The fraction of sp³-hybridized carbons (Fsp3) is 0.412. The van der Waals surface area contributed by atoms with Crippen LogP contribution in [0.15, 0.2) is 47.4 Å². The lowest BCUT2D eigenvalue weighted by Gasteiger charge is -2.29. The van der Waals surface area contributed by atoms with Gasteiger partial charge in [-0.15, -0.1) is 0 Å². The van der Waals surface area contributed by atoms with Crippen LogP contribution in [0.3, 0.4) is 0 Å². The van der Waals surface area contributed by atoms with Crippen molar-refractivity contribution in [3.63, 3.8) is 0 Å². The van der Waals surface area contributed by atoms with Gasteiger partial charge in [-0.2, -0.15) is 0 Å². The molecule has 2 atom stereocenters. The molecule has 0 aromatic heterocycles. The molecule has 1 fully saturated rings. The van der Waals surface area contributed by atoms with E-state index in [2.05, 4.69) is 11.6 Å². The summed E-state index contributed by atoms with van der Waals surface area (Å²) >= 11 is 0. The van der Waals surface area contributed by atoms with Crippen LogP contribution in [0.2, 0.25) is 0 Å². The molecule has 0 amide bonds. The second-order valence-electron chi connectivity index (χ2n) is 6.00. The number of benzene rings is 2. The number of hydrogen-bond donors (Lipinski definition) is 1. The van der Waals surface area contributed by atoms with Crippen molar-refractivity contribution in [2.24, 2.45) is 5.92 Å². The molecule has 4 heteroatoms. The Kier molecular flexibility index (Phi) is 4.00. The maximum Gasteiger partial charge on any atom is 0.240 e. The molecule has 2 aromatic carbocycles. The molecule has 1 aliphatic carbocycles. The van der Waals surface area contributed by atoms with Gasteiger partial charge in [0, 0.05) is 6.04 Å². The second kappa shape index (κ2) is 5.78. The lowest BCUT2D eigenvalue weighted by atomic mass is 9.87. The van der Waals surface area contributed by atoms with Crippen molar-refractivity contribution >= 4 is 20.8 Å². The van der Waals surface area contributed by atoms with Gasteiger partial charge in [0.15, 0.2) is 0 Å². The van der Waals surface area contributed by atoms with Gasteiger partial charge in [0.25, 0.3) is 0 Å². The fourth-order valence-electron chi connectivity index (χ4n) is 3.09. The number of fused-ring (bicyclic) bond motifs is 1. The summed E-state index contributed by atoms with van der Waals surface area (Å²) in [6.45, 7) is 2.13. The first kappa shape index (κ1) is 14.5. The van der Waals surface area contributed by atoms with Gasteiger partial charge in [-0.05, 0) is 41.7 Å². The predicted molar refractivity (Wildman–Crippen MR) is 85.7 cm³/mol. The number of sulfonamides is 1. The minimum absolute atomic E-state index is 0.0650. The minimum atomic E-state index is -3.43. The van der Waals surface area contributed by atoms with Gasteiger partial charge in [0.1, 0.15) is 0 Å². The lowest BCUT2D eigenvalue weighted by Crippen LogP contribution is -2.40. The van der Waals surface area contributed by atoms with Crippen LogP contribution in [0.5, 0.6) is 0 Å². The molecule has 0 unspecified atom stereocenters. The van der Waals surface area contributed by atoms with E-state index in [0.29, 0.717) is 10.8 Å². The number of hydrogen-bond acceptors (Lipinski definition) is 2. The molecule has 112 valence electrons. The van der Waals surface area contributed by atoms with E-state index in [1.54, 1.807) is 12.1 Å². The smallest absolute Gasteiger partial charge is 0.208 e. The first-order chi connectivity index (χ1) is 10.1. The summed E-state index contributed by atoms with van der Waals surface area (Å²) in [6.07, 6.45) is 4.35. The van der Waals surface area contributed by atoms with Crippen LogP contribution in [0.25, 0.3) is 10.8 Å². The van der Waals surface area contributed by atoms with Crippen molar-refractivity contribution in [1.29, 1.82) is 0 Å². The molecule has 0 bridgehead atoms. The van der Waals surface area contributed by atoms with Crippen LogP contribution in [-0.4, -0.2) is 14.5 Å². The molecule has 0 aliphatic heterocycles. The molecule has 0 heterocycles. The zero-order chi connectivity index (χ0) is 14.9. The summed E-state index contributed by atoms with van der Waals surface area (Å²) in [5, 5.41) is 2.01. The first-order valence-corrected chi connectivity index (χ1v) is 9.06. The average molecular weight is 303 g/mol. The fourth-order valence-corrected chi connectivity index (χ4v) is 4.51. The molecule has 1 aliphatic rings. The Hall–Kier alpha value is -1.39. The van der Waals surface area contributed by atoms with Crippen molar-refractivity contribution in [2.45, 2.75) is 43.5 Å². The van der Waals surface area contributed by atoms with E-state index in [1.165, 1.54) is 6.42 Å². The standard InChI is InChI=1S/C17H21NO2S/c1-13-6-2-5-9-17(13)18-21(19,20)16-11-10-14-7-3-4-8-15(14)12-16/h3-4,7-8,10-13,17-18H,2,5-6,9H2,1H3/t13-,17-/m1/s1. The largest absolute Gasteiger partial charge is 0.240 e. The third kappa shape index (κ3) is 3.11. The molecular weight excluding hydrogens is 282 g/mol. The Morgan fingerprint density at radius 1 is 1.00 bits per heavy atom. The predicted octanol–water partition coefficient (Wildman–Crippen LogP) is 3.70. The highest BCUT2D eigenvalue weighted by atomic mass is 32.2. The molecule has 0 spiro atoms. The van der Waals surface area contributed by atoms with E-state index in [-0.39, 0.29) is 6.04 Å². The van der Waals surface area contributed by atoms with Gasteiger partial charge in [-0.1, -0.05) is 50.1 Å². The molecule has 1 N–H and O–H groups in total. The van der Waals surface area contributed by atoms with E-state index >= 15 is 0 Å².